The highest BCUT2D eigenvalue weighted by molar-refractivity contribution is 6.07. The van der Waals surface area contributed by atoms with Crippen LogP contribution in [-0.2, 0) is 12.6 Å². The van der Waals surface area contributed by atoms with E-state index in [-0.39, 0.29) is 11.5 Å². The number of hydrogen-bond acceptors (Lipinski definition) is 5. The Labute approximate surface area is 183 Å². The minimum absolute atomic E-state index is 0.0995. The number of pyridine rings is 2. The summed E-state index contributed by atoms with van der Waals surface area (Å²) in [7, 11) is 0. The second-order valence-electron chi connectivity index (χ2n) is 7.44. The van der Waals surface area contributed by atoms with Gasteiger partial charge in [0, 0.05) is 29.9 Å². The molecule has 1 aliphatic rings. The Kier molecular flexibility index (Phi) is 5.94. The van der Waals surface area contributed by atoms with Gasteiger partial charge in [0.05, 0.1) is 17.9 Å². The van der Waals surface area contributed by atoms with Crippen molar-refractivity contribution in [2.45, 2.75) is 25.9 Å². The van der Waals surface area contributed by atoms with Crippen molar-refractivity contribution in [1.29, 1.82) is 0 Å². The Hall–Kier alpha value is -3.68. The molecule has 164 valence electrons. The molecule has 0 bridgehead atoms. The summed E-state index contributed by atoms with van der Waals surface area (Å²) in [6.07, 6.45) is 1.94. The molecule has 0 radical (unpaired) electrons. The van der Waals surface area contributed by atoms with E-state index in [2.05, 4.69) is 26.9 Å². The van der Waals surface area contributed by atoms with Crippen LogP contribution in [0.25, 0.3) is 5.70 Å². The Morgan fingerprint density at radius 1 is 1.06 bits per heavy atom. The van der Waals surface area contributed by atoms with Gasteiger partial charge in [0.1, 0.15) is 11.4 Å². The predicted molar refractivity (Wildman–Crippen MR) is 117 cm³/mol. The summed E-state index contributed by atoms with van der Waals surface area (Å²) < 4.78 is 45.1. The summed E-state index contributed by atoms with van der Waals surface area (Å²) in [5.41, 5.74) is 3.25. The van der Waals surface area contributed by atoms with Gasteiger partial charge in [0.15, 0.2) is 5.84 Å². The van der Waals surface area contributed by atoms with E-state index < -0.39 is 11.7 Å². The molecule has 0 saturated heterocycles. The van der Waals surface area contributed by atoms with E-state index in [1.165, 1.54) is 5.56 Å². The summed E-state index contributed by atoms with van der Waals surface area (Å²) in [6.45, 7) is 6.44. The molecule has 32 heavy (non-hydrogen) atoms. The molecule has 0 amide bonds. The van der Waals surface area contributed by atoms with Crippen LogP contribution < -0.4 is 10.1 Å². The molecule has 0 spiro atoms. The van der Waals surface area contributed by atoms with Gasteiger partial charge in [-0.05, 0) is 67.3 Å². The zero-order chi connectivity index (χ0) is 22.7. The number of amidine groups is 1. The Balaban J connectivity index is 1.51. The summed E-state index contributed by atoms with van der Waals surface area (Å²) >= 11 is 0. The Morgan fingerprint density at radius 3 is 2.59 bits per heavy atom. The van der Waals surface area contributed by atoms with Gasteiger partial charge in [0.2, 0.25) is 0 Å². The minimum Gasteiger partial charge on any atom is -0.494 e. The van der Waals surface area contributed by atoms with Gasteiger partial charge in [-0.1, -0.05) is 6.58 Å². The van der Waals surface area contributed by atoms with Crippen LogP contribution >= 0.6 is 0 Å². The quantitative estimate of drug-likeness (QED) is 0.519. The van der Waals surface area contributed by atoms with Crippen molar-refractivity contribution in [2.75, 3.05) is 6.61 Å². The molecule has 2 aromatic heterocycles. The molecule has 8 heteroatoms. The predicted octanol–water partition coefficient (Wildman–Crippen LogP) is 5.47. The number of fused-ring (bicyclic) bond motifs is 1. The average Bonchev–Trinajstić information content (AvgIpc) is 2.77. The fourth-order valence-corrected chi connectivity index (χ4v) is 3.43. The third-order valence-corrected chi connectivity index (χ3v) is 5.05. The van der Waals surface area contributed by atoms with Crippen molar-refractivity contribution in [3.05, 3.63) is 89.5 Å². The van der Waals surface area contributed by atoms with Crippen molar-refractivity contribution in [2.24, 2.45) is 4.99 Å². The van der Waals surface area contributed by atoms with Gasteiger partial charge in [0.25, 0.3) is 0 Å². The first-order valence-electron chi connectivity index (χ1n) is 10.1. The zero-order valence-electron chi connectivity index (χ0n) is 17.4. The largest absolute Gasteiger partial charge is 0.494 e. The number of halogens is 3. The van der Waals surface area contributed by atoms with E-state index in [0.717, 1.165) is 42.3 Å². The molecule has 0 saturated carbocycles. The molecule has 1 N–H and O–H groups in total. The number of aryl methyl sites for hydroxylation is 2. The van der Waals surface area contributed by atoms with Crippen LogP contribution in [-0.4, -0.2) is 22.4 Å². The van der Waals surface area contributed by atoms with E-state index >= 15 is 0 Å². The van der Waals surface area contributed by atoms with Crippen molar-refractivity contribution in [3.8, 4) is 5.75 Å². The van der Waals surface area contributed by atoms with Gasteiger partial charge in [-0.15, -0.1) is 0 Å². The molecule has 0 atom stereocenters. The molecule has 3 aromatic rings. The first-order chi connectivity index (χ1) is 15.3. The van der Waals surface area contributed by atoms with Crippen LogP contribution in [0.2, 0.25) is 0 Å². The number of benzene rings is 1. The fourth-order valence-electron chi connectivity index (χ4n) is 3.43. The number of ether oxygens (including phenoxy) is 1. The van der Waals surface area contributed by atoms with Crippen molar-refractivity contribution < 1.29 is 17.9 Å². The van der Waals surface area contributed by atoms with Crippen LogP contribution in [0.4, 0.5) is 18.9 Å². The van der Waals surface area contributed by atoms with Crippen molar-refractivity contribution in [3.63, 3.8) is 0 Å². The van der Waals surface area contributed by atoms with E-state index in [0.29, 0.717) is 23.7 Å². The lowest BCUT2D eigenvalue weighted by Gasteiger charge is -2.22. The average molecular weight is 438 g/mol. The summed E-state index contributed by atoms with van der Waals surface area (Å²) in [6, 6.07) is 9.56. The molecular formula is C24H21F3N4O. The van der Waals surface area contributed by atoms with E-state index in [4.69, 9.17) is 4.74 Å². The normalized spacial score (nSPS) is 13.2. The van der Waals surface area contributed by atoms with Gasteiger partial charge in [-0.25, -0.2) is 4.99 Å². The lowest BCUT2D eigenvalue weighted by molar-refractivity contribution is -0.137. The number of alkyl halides is 3. The van der Waals surface area contributed by atoms with Gasteiger partial charge in [-0.2, -0.15) is 13.2 Å². The SMILES string of the molecule is C=C1NC(c2cc(C(F)(F)F)ccn2)=Nc2c(C)cc(OCCCc3ccncc3)cc21. The highest BCUT2D eigenvalue weighted by Gasteiger charge is 2.31. The lowest BCUT2D eigenvalue weighted by atomic mass is 10.0. The monoisotopic (exact) mass is 438 g/mol. The van der Waals surface area contributed by atoms with Crippen LogP contribution in [0, 0.1) is 6.92 Å². The lowest BCUT2D eigenvalue weighted by Crippen LogP contribution is -2.27. The third-order valence-electron chi connectivity index (χ3n) is 5.05. The molecule has 4 rings (SSSR count). The Morgan fingerprint density at radius 2 is 1.84 bits per heavy atom. The van der Waals surface area contributed by atoms with Crippen LogP contribution in [0.3, 0.4) is 0 Å². The third kappa shape index (κ3) is 4.80. The maximum absolute atomic E-state index is 13.1. The van der Waals surface area contributed by atoms with E-state index in [1.54, 1.807) is 12.4 Å². The standard InChI is InChI=1S/C24H21F3N4O/c1-15-12-19(32-11-3-4-17-5-8-28-9-6-17)14-20-16(2)30-23(31-22(15)20)21-13-18(7-10-29-21)24(25,26)27/h5-10,12-14H,2-4,11H2,1H3,(H,30,31). The number of nitrogens with one attached hydrogen (secondary N) is 1. The molecule has 3 heterocycles. The smallest absolute Gasteiger partial charge is 0.416 e. The Bertz CT molecular complexity index is 1170. The second-order valence-corrected chi connectivity index (χ2v) is 7.44. The number of aromatic nitrogens is 2. The number of nitrogens with zero attached hydrogens (tertiary/aromatic N) is 3. The summed E-state index contributed by atoms with van der Waals surface area (Å²) in [5.74, 6) is 0.914. The number of hydrogen-bond donors (Lipinski definition) is 1. The molecule has 5 nitrogen and oxygen atoms in total. The van der Waals surface area contributed by atoms with E-state index in [9.17, 15) is 13.2 Å². The molecule has 0 unspecified atom stereocenters. The van der Waals surface area contributed by atoms with Crippen molar-refractivity contribution in [1.82, 2.24) is 15.3 Å². The molecule has 0 fully saturated rings. The fraction of sp³-hybridized carbons (Fsp3) is 0.208. The molecular weight excluding hydrogens is 417 g/mol. The van der Waals surface area contributed by atoms with Crippen LogP contribution in [0.1, 0.15) is 34.4 Å². The molecule has 1 aliphatic heterocycles. The summed E-state index contributed by atoms with van der Waals surface area (Å²) in [4.78, 5) is 12.6. The van der Waals surface area contributed by atoms with Crippen molar-refractivity contribution >= 4 is 17.2 Å². The maximum atomic E-state index is 13.1. The zero-order valence-corrected chi connectivity index (χ0v) is 17.4. The summed E-state index contributed by atoms with van der Waals surface area (Å²) in [5, 5.41) is 2.97. The number of rotatable bonds is 6. The highest BCUT2D eigenvalue weighted by Crippen LogP contribution is 2.36. The van der Waals surface area contributed by atoms with Gasteiger partial charge < -0.3 is 10.1 Å². The highest BCUT2D eigenvalue weighted by atomic mass is 19.4. The van der Waals surface area contributed by atoms with Gasteiger partial charge in [-0.3, -0.25) is 9.97 Å². The first kappa shape index (κ1) is 21.5. The first-order valence-corrected chi connectivity index (χ1v) is 10.1. The van der Waals surface area contributed by atoms with Crippen LogP contribution in [0.15, 0.2) is 66.6 Å². The maximum Gasteiger partial charge on any atom is 0.416 e. The number of aliphatic imine (C=N–C) groups is 1. The van der Waals surface area contributed by atoms with E-state index in [1.807, 2.05) is 31.2 Å². The second kappa shape index (κ2) is 8.82. The van der Waals surface area contributed by atoms with Gasteiger partial charge >= 0.3 is 6.18 Å². The minimum atomic E-state index is -4.46. The molecule has 0 aliphatic carbocycles. The van der Waals surface area contributed by atoms with Crippen LogP contribution in [0.5, 0.6) is 5.75 Å². The molecule has 1 aromatic carbocycles. The topological polar surface area (TPSA) is 59.4 Å².